The van der Waals surface area contributed by atoms with Crippen molar-refractivity contribution in [3.63, 3.8) is 0 Å². The highest BCUT2D eigenvalue weighted by Gasteiger charge is 2.13. The SMILES string of the molecule is CC(C)Cn1nc(NC=O)c2cc(-n3cc(C(=O)O)cn3)ccc21. The number of fused-ring (bicyclic) bond motifs is 1. The van der Waals surface area contributed by atoms with Crippen LogP contribution >= 0.6 is 0 Å². The van der Waals surface area contributed by atoms with Gasteiger partial charge in [-0.3, -0.25) is 9.48 Å². The number of aromatic carboxylic acids is 1. The Bertz CT molecular complexity index is 910. The number of carboxylic acids is 1. The summed E-state index contributed by atoms with van der Waals surface area (Å²) >= 11 is 0. The quantitative estimate of drug-likeness (QED) is 0.675. The lowest BCUT2D eigenvalue weighted by Gasteiger charge is -2.06. The number of nitrogens with zero attached hydrogens (tertiary/aromatic N) is 4. The summed E-state index contributed by atoms with van der Waals surface area (Å²) in [5.74, 6) is -0.162. The number of benzene rings is 1. The highest BCUT2D eigenvalue weighted by atomic mass is 16.4. The molecule has 0 saturated carbocycles. The standard InChI is InChI=1S/C16H17N5O3/c1-10(2)7-21-14-4-3-12(5-13(14)15(19-21)17-9-22)20-8-11(6-18-20)16(23)24/h3-6,8-10H,7H2,1-2H3,(H,23,24)(H,17,19,22). The minimum absolute atomic E-state index is 0.108. The summed E-state index contributed by atoms with van der Waals surface area (Å²) in [6, 6.07) is 5.55. The maximum absolute atomic E-state index is 11.0. The van der Waals surface area contributed by atoms with Crippen molar-refractivity contribution in [1.82, 2.24) is 19.6 Å². The molecule has 0 radical (unpaired) electrons. The predicted octanol–water partition coefficient (Wildman–Crippen LogP) is 2.14. The summed E-state index contributed by atoms with van der Waals surface area (Å²) in [4.78, 5) is 21.8. The highest BCUT2D eigenvalue weighted by molar-refractivity contribution is 5.95. The third kappa shape index (κ3) is 2.85. The van der Waals surface area contributed by atoms with Gasteiger partial charge in [0.2, 0.25) is 6.41 Å². The molecule has 0 aliphatic rings. The average Bonchev–Trinajstić information content (AvgIpc) is 3.13. The van der Waals surface area contributed by atoms with Crippen LogP contribution in [0.3, 0.4) is 0 Å². The molecule has 2 N–H and O–H groups in total. The average molecular weight is 327 g/mol. The molecule has 1 amide bonds. The Morgan fingerprint density at radius 3 is 2.83 bits per heavy atom. The van der Waals surface area contributed by atoms with E-state index in [0.29, 0.717) is 23.8 Å². The zero-order chi connectivity index (χ0) is 17.3. The van der Waals surface area contributed by atoms with Crippen LogP contribution in [-0.2, 0) is 11.3 Å². The summed E-state index contributed by atoms with van der Waals surface area (Å²) in [7, 11) is 0. The van der Waals surface area contributed by atoms with Crippen LogP contribution in [0.4, 0.5) is 5.82 Å². The minimum atomic E-state index is -1.03. The molecule has 0 aliphatic carbocycles. The van der Waals surface area contributed by atoms with Gasteiger partial charge in [-0.25, -0.2) is 9.48 Å². The molecule has 2 heterocycles. The van der Waals surface area contributed by atoms with E-state index in [2.05, 4.69) is 29.4 Å². The maximum atomic E-state index is 11.0. The van der Waals surface area contributed by atoms with Crippen LogP contribution in [0.1, 0.15) is 24.2 Å². The molecule has 0 unspecified atom stereocenters. The lowest BCUT2D eigenvalue weighted by molar-refractivity contribution is -0.105. The fourth-order valence-electron chi connectivity index (χ4n) is 2.53. The van der Waals surface area contributed by atoms with Gasteiger partial charge in [0.15, 0.2) is 5.82 Å². The number of carbonyl (C=O) groups excluding carboxylic acids is 1. The lowest BCUT2D eigenvalue weighted by atomic mass is 10.2. The Morgan fingerprint density at radius 1 is 1.42 bits per heavy atom. The largest absolute Gasteiger partial charge is 0.478 e. The van der Waals surface area contributed by atoms with E-state index in [4.69, 9.17) is 5.11 Å². The maximum Gasteiger partial charge on any atom is 0.338 e. The molecular weight excluding hydrogens is 310 g/mol. The summed E-state index contributed by atoms with van der Waals surface area (Å²) in [5.41, 5.74) is 1.69. The second kappa shape index (κ2) is 6.15. The van der Waals surface area contributed by atoms with Crippen molar-refractivity contribution in [2.24, 2.45) is 5.92 Å². The number of hydrogen-bond donors (Lipinski definition) is 2. The topological polar surface area (TPSA) is 102 Å². The van der Waals surface area contributed by atoms with Crippen LogP contribution in [0.15, 0.2) is 30.6 Å². The molecule has 124 valence electrons. The van der Waals surface area contributed by atoms with Gasteiger partial charge in [0.1, 0.15) is 0 Å². The monoisotopic (exact) mass is 327 g/mol. The molecule has 1 aromatic carbocycles. The van der Waals surface area contributed by atoms with Gasteiger partial charge in [-0.15, -0.1) is 0 Å². The van der Waals surface area contributed by atoms with Gasteiger partial charge in [0.05, 0.1) is 23.0 Å². The van der Waals surface area contributed by atoms with E-state index in [-0.39, 0.29) is 5.56 Å². The molecule has 0 aliphatic heterocycles. The molecule has 8 heteroatoms. The highest BCUT2D eigenvalue weighted by Crippen LogP contribution is 2.26. The molecular formula is C16H17N5O3. The van der Waals surface area contributed by atoms with Crippen molar-refractivity contribution in [3.05, 3.63) is 36.2 Å². The fraction of sp³-hybridized carbons (Fsp3) is 0.250. The molecule has 24 heavy (non-hydrogen) atoms. The Balaban J connectivity index is 2.09. The Hall–Kier alpha value is -3.16. The van der Waals surface area contributed by atoms with Crippen LogP contribution < -0.4 is 5.32 Å². The van der Waals surface area contributed by atoms with Gasteiger partial charge >= 0.3 is 5.97 Å². The van der Waals surface area contributed by atoms with Crippen molar-refractivity contribution >= 4 is 29.1 Å². The molecule has 2 aromatic heterocycles. The van der Waals surface area contributed by atoms with Gasteiger partial charge < -0.3 is 10.4 Å². The summed E-state index contributed by atoms with van der Waals surface area (Å²) in [6.07, 6.45) is 3.32. The second-order valence-corrected chi connectivity index (χ2v) is 5.87. The number of amides is 1. The summed E-state index contributed by atoms with van der Waals surface area (Å²) < 4.78 is 3.33. The number of carboxylic acid groups (broad SMARTS) is 1. The van der Waals surface area contributed by atoms with E-state index in [0.717, 1.165) is 17.4 Å². The van der Waals surface area contributed by atoms with Crippen LogP contribution in [0, 0.1) is 5.92 Å². The number of anilines is 1. The number of carbonyl (C=O) groups is 2. The van der Waals surface area contributed by atoms with Gasteiger partial charge in [-0.1, -0.05) is 13.8 Å². The van der Waals surface area contributed by atoms with Gasteiger partial charge in [0.25, 0.3) is 0 Å². The third-order valence-electron chi connectivity index (χ3n) is 3.56. The Morgan fingerprint density at radius 2 is 2.21 bits per heavy atom. The Labute approximate surface area is 137 Å². The van der Waals surface area contributed by atoms with Gasteiger partial charge in [-0.05, 0) is 24.1 Å². The third-order valence-corrected chi connectivity index (χ3v) is 3.56. The number of rotatable bonds is 6. The van der Waals surface area contributed by atoms with E-state index >= 15 is 0 Å². The first-order valence-electron chi connectivity index (χ1n) is 7.48. The van der Waals surface area contributed by atoms with E-state index < -0.39 is 5.97 Å². The molecule has 3 aromatic rings. The van der Waals surface area contributed by atoms with Gasteiger partial charge in [0, 0.05) is 18.1 Å². The molecule has 0 atom stereocenters. The molecule has 0 saturated heterocycles. The van der Waals surface area contributed by atoms with Crippen molar-refractivity contribution < 1.29 is 14.7 Å². The normalized spacial score (nSPS) is 11.1. The fourth-order valence-corrected chi connectivity index (χ4v) is 2.53. The van der Waals surface area contributed by atoms with Gasteiger partial charge in [-0.2, -0.15) is 10.2 Å². The molecule has 3 rings (SSSR count). The van der Waals surface area contributed by atoms with Crippen LogP contribution in [0.25, 0.3) is 16.6 Å². The molecule has 0 bridgehead atoms. The van der Waals surface area contributed by atoms with Crippen LogP contribution in [0.2, 0.25) is 0 Å². The van der Waals surface area contributed by atoms with Crippen molar-refractivity contribution in [2.75, 3.05) is 5.32 Å². The first-order valence-corrected chi connectivity index (χ1v) is 7.48. The minimum Gasteiger partial charge on any atom is -0.478 e. The zero-order valence-corrected chi connectivity index (χ0v) is 13.3. The predicted molar refractivity (Wildman–Crippen MR) is 88.3 cm³/mol. The van der Waals surface area contributed by atoms with E-state index in [1.54, 1.807) is 0 Å². The van der Waals surface area contributed by atoms with E-state index in [1.165, 1.54) is 17.1 Å². The number of hydrogen-bond acceptors (Lipinski definition) is 4. The Kier molecular flexibility index (Phi) is 4.03. The van der Waals surface area contributed by atoms with Crippen LogP contribution in [-0.4, -0.2) is 37.0 Å². The number of aromatic nitrogens is 4. The van der Waals surface area contributed by atoms with Crippen LogP contribution in [0.5, 0.6) is 0 Å². The molecule has 0 spiro atoms. The second-order valence-electron chi connectivity index (χ2n) is 5.87. The van der Waals surface area contributed by atoms with Crippen molar-refractivity contribution in [2.45, 2.75) is 20.4 Å². The van der Waals surface area contributed by atoms with Crippen molar-refractivity contribution in [3.8, 4) is 5.69 Å². The first kappa shape index (κ1) is 15.7. The van der Waals surface area contributed by atoms with Crippen molar-refractivity contribution in [1.29, 1.82) is 0 Å². The number of nitrogens with one attached hydrogen (secondary N) is 1. The molecule has 8 nitrogen and oxygen atoms in total. The summed E-state index contributed by atoms with van der Waals surface area (Å²) in [6.45, 7) is 4.90. The lowest BCUT2D eigenvalue weighted by Crippen LogP contribution is -2.06. The molecule has 0 fully saturated rings. The first-order chi connectivity index (χ1) is 11.5. The summed E-state index contributed by atoms with van der Waals surface area (Å²) in [5, 5.41) is 20.9. The zero-order valence-electron chi connectivity index (χ0n) is 13.3. The van der Waals surface area contributed by atoms with E-state index in [1.807, 2.05) is 22.9 Å². The van der Waals surface area contributed by atoms with E-state index in [9.17, 15) is 9.59 Å². The smallest absolute Gasteiger partial charge is 0.338 e.